The highest BCUT2D eigenvalue weighted by Gasteiger charge is 2.22. The van der Waals surface area contributed by atoms with E-state index in [9.17, 15) is 4.79 Å². The summed E-state index contributed by atoms with van der Waals surface area (Å²) in [5.41, 5.74) is 0.791. The van der Waals surface area contributed by atoms with Crippen LogP contribution in [0.2, 0.25) is 0 Å². The number of hydrogen-bond donors (Lipinski definition) is 1. The van der Waals surface area contributed by atoms with Gasteiger partial charge in [0.25, 0.3) is 5.56 Å². The van der Waals surface area contributed by atoms with Crippen LogP contribution >= 0.6 is 11.8 Å². The third-order valence-corrected chi connectivity index (χ3v) is 4.35. The second-order valence-corrected chi connectivity index (χ2v) is 6.41. The lowest BCUT2D eigenvalue weighted by molar-refractivity contribution is 0.301. The summed E-state index contributed by atoms with van der Waals surface area (Å²) in [7, 11) is 0. The first-order valence-corrected chi connectivity index (χ1v) is 8.88. The van der Waals surface area contributed by atoms with E-state index in [1.807, 2.05) is 30.5 Å². The molecule has 2 heterocycles. The average molecular weight is 341 g/mol. The highest BCUT2D eigenvalue weighted by atomic mass is 32.2. The summed E-state index contributed by atoms with van der Waals surface area (Å²) >= 11 is 1.35. The molecule has 3 aromatic rings. The Morgan fingerprint density at radius 2 is 2.08 bits per heavy atom. The van der Waals surface area contributed by atoms with Crippen molar-refractivity contribution in [1.29, 1.82) is 0 Å². The molecule has 7 nitrogen and oxygen atoms in total. The maximum atomic E-state index is 12.3. The Bertz CT molecular complexity index is 955. The number of ether oxygens (including phenoxy) is 1. The number of nitrogens with one attached hydrogen (secondary N) is 1. The minimum Gasteiger partial charge on any atom is -0.493 e. The molecule has 1 N–H and O–H groups in total. The second-order valence-electron chi connectivity index (χ2n) is 5.64. The molecular weight excluding hydrogens is 326 g/mol. The van der Waals surface area contributed by atoms with E-state index in [0.717, 1.165) is 5.56 Å². The number of H-pyrrole nitrogens is 1. The summed E-state index contributed by atoms with van der Waals surface area (Å²) in [6.07, 6.45) is 4.28. The Morgan fingerprint density at radius 1 is 1.25 bits per heavy atom. The van der Waals surface area contributed by atoms with E-state index in [2.05, 4.69) is 25.1 Å². The molecule has 1 aliphatic carbocycles. The lowest BCUT2D eigenvalue weighted by Crippen LogP contribution is -2.13. The largest absolute Gasteiger partial charge is 0.493 e. The Labute approximate surface area is 141 Å². The van der Waals surface area contributed by atoms with Crippen molar-refractivity contribution < 1.29 is 4.74 Å². The topological polar surface area (TPSA) is 93.7 Å². The van der Waals surface area contributed by atoms with Gasteiger partial charge in [-0.3, -0.25) is 4.79 Å². The van der Waals surface area contributed by atoms with Crippen LogP contribution in [0.4, 0.5) is 0 Å². The van der Waals surface area contributed by atoms with Crippen molar-refractivity contribution in [1.82, 2.24) is 25.1 Å². The first-order valence-electron chi connectivity index (χ1n) is 7.65. The monoisotopic (exact) mass is 341 g/mol. The number of fused-ring (bicyclic) bond motifs is 1. The van der Waals surface area contributed by atoms with Crippen LogP contribution in [0.5, 0.6) is 5.75 Å². The number of nitrogens with zero attached hydrogens (tertiary/aromatic N) is 4. The highest BCUT2D eigenvalue weighted by Crippen LogP contribution is 2.32. The molecule has 122 valence electrons. The fourth-order valence-corrected chi connectivity index (χ4v) is 2.62. The Kier molecular flexibility index (Phi) is 3.89. The van der Waals surface area contributed by atoms with Crippen molar-refractivity contribution in [3.8, 4) is 17.1 Å². The molecule has 0 amide bonds. The predicted octanol–water partition coefficient (Wildman–Crippen LogP) is 2.29. The zero-order chi connectivity index (χ0) is 16.5. The van der Waals surface area contributed by atoms with E-state index in [4.69, 9.17) is 4.74 Å². The number of hydrogen-bond acceptors (Lipinski definition) is 7. The van der Waals surface area contributed by atoms with E-state index in [0.29, 0.717) is 29.3 Å². The molecular formula is C16H15N5O2S. The van der Waals surface area contributed by atoms with E-state index in [-0.39, 0.29) is 16.7 Å². The molecule has 0 radical (unpaired) electrons. The summed E-state index contributed by atoms with van der Waals surface area (Å²) in [6, 6.07) is 7.54. The summed E-state index contributed by atoms with van der Waals surface area (Å²) in [5, 5.41) is 8.26. The molecule has 1 saturated carbocycles. The lowest BCUT2D eigenvalue weighted by Gasteiger charge is -2.10. The summed E-state index contributed by atoms with van der Waals surface area (Å²) in [6.45, 7) is 0.690. The maximum Gasteiger partial charge on any atom is 0.281 e. The lowest BCUT2D eigenvalue weighted by atomic mass is 10.2. The zero-order valence-electron chi connectivity index (χ0n) is 13.0. The fraction of sp³-hybridized carbons (Fsp3) is 0.312. The van der Waals surface area contributed by atoms with Crippen LogP contribution in [0, 0.1) is 5.92 Å². The van der Waals surface area contributed by atoms with Crippen LogP contribution in [0.25, 0.3) is 22.6 Å². The normalized spacial score (nSPS) is 14.0. The molecule has 1 fully saturated rings. The molecule has 0 aliphatic heterocycles. The molecule has 1 aromatic carbocycles. The molecule has 0 bridgehead atoms. The number of benzene rings is 1. The quantitative estimate of drug-likeness (QED) is 0.712. The molecule has 0 unspecified atom stereocenters. The summed E-state index contributed by atoms with van der Waals surface area (Å²) in [4.78, 5) is 23.8. The van der Waals surface area contributed by atoms with Crippen LogP contribution in [0.15, 0.2) is 34.2 Å². The molecule has 2 aromatic heterocycles. The molecule has 4 rings (SSSR count). The molecule has 0 saturated heterocycles. The Hall–Kier alpha value is -2.48. The average Bonchev–Trinajstić information content (AvgIpc) is 3.44. The van der Waals surface area contributed by atoms with Gasteiger partial charge >= 0.3 is 0 Å². The summed E-state index contributed by atoms with van der Waals surface area (Å²) in [5.74, 6) is 1.77. The first kappa shape index (κ1) is 15.1. The molecule has 8 heteroatoms. The van der Waals surface area contributed by atoms with Gasteiger partial charge in [0.1, 0.15) is 11.6 Å². The third kappa shape index (κ3) is 2.96. The van der Waals surface area contributed by atoms with Crippen molar-refractivity contribution in [2.45, 2.75) is 18.0 Å². The number of aromatic nitrogens is 5. The van der Waals surface area contributed by atoms with Crippen molar-refractivity contribution >= 4 is 22.9 Å². The van der Waals surface area contributed by atoms with Crippen molar-refractivity contribution in [3.05, 3.63) is 34.6 Å². The van der Waals surface area contributed by atoms with Crippen LogP contribution in [0.3, 0.4) is 0 Å². The van der Waals surface area contributed by atoms with E-state index < -0.39 is 0 Å². The number of aromatic amines is 1. The first-order chi connectivity index (χ1) is 11.7. The van der Waals surface area contributed by atoms with Gasteiger partial charge in [-0.1, -0.05) is 23.9 Å². The minimum absolute atomic E-state index is 0.132. The number of rotatable bonds is 5. The maximum absolute atomic E-state index is 12.3. The number of para-hydroxylation sites is 1. The Morgan fingerprint density at radius 3 is 2.88 bits per heavy atom. The van der Waals surface area contributed by atoms with Crippen molar-refractivity contribution in [2.24, 2.45) is 5.92 Å². The Balaban J connectivity index is 1.79. The van der Waals surface area contributed by atoms with E-state index in [1.165, 1.54) is 24.6 Å². The van der Waals surface area contributed by atoms with Crippen molar-refractivity contribution in [2.75, 3.05) is 12.9 Å². The van der Waals surface area contributed by atoms with Gasteiger partial charge < -0.3 is 9.72 Å². The number of thioether (sulfide) groups is 1. The van der Waals surface area contributed by atoms with Gasteiger partial charge in [-0.2, -0.15) is 4.98 Å². The smallest absolute Gasteiger partial charge is 0.281 e. The van der Waals surface area contributed by atoms with Crippen molar-refractivity contribution in [3.63, 3.8) is 0 Å². The third-order valence-electron chi connectivity index (χ3n) is 3.81. The van der Waals surface area contributed by atoms with Gasteiger partial charge in [-0.25, -0.2) is 4.98 Å². The van der Waals surface area contributed by atoms with Crippen LogP contribution in [-0.4, -0.2) is 38.0 Å². The van der Waals surface area contributed by atoms with Crippen LogP contribution in [0.1, 0.15) is 12.8 Å². The SMILES string of the molecule is CSc1nnc2c(=O)[nH]c(-c3ccccc3OCC3CC3)nc2n1. The van der Waals surface area contributed by atoms with Crippen LogP contribution in [-0.2, 0) is 0 Å². The second kappa shape index (κ2) is 6.20. The summed E-state index contributed by atoms with van der Waals surface area (Å²) < 4.78 is 5.90. The van der Waals surface area contributed by atoms with Crippen LogP contribution < -0.4 is 10.3 Å². The molecule has 0 spiro atoms. The standard InChI is InChI=1S/C16H15N5O2S/c1-24-16-19-14-12(20-21-16)15(22)18-13(17-14)10-4-2-3-5-11(10)23-8-9-6-7-9/h2-5,9H,6-8H2,1H3,(H,17,18,19,21,22). The fourth-order valence-electron chi connectivity index (χ4n) is 2.32. The van der Waals surface area contributed by atoms with Gasteiger partial charge in [-0.05, 0) is 37.1 Å². The van der Waals surface area contributed by atoms with Gasteiger partial charge in [0.05, 0.1) is 12.2 Å². The van der Waals surface area contributed by atoms with E-state index in [1.54, 1.807) is 0 Å². The molecule has 0 atom stereocenters. The molecule has 24 heavy (non-hydrogen) atoms. The predicted molar refractivity (Wildman–Crippen MR) is 91.2 cm³/mol. The zero-order valence-corrected chi connectivity index (χ0v) is 13.8. The van der Waals surface area contributed by atoms with Gasteiger partial charge in [0, 0.05) is 0 Å². The minimum atomic E-state index is -0.361. The highest BCUT2D eigenvalue weighted by molar-refractivity contribution is 7.98. The van der Waals surface area contributed by atoms with Gasteiger partial charge in [0.2, 0.25) is 5.16 Å². The van der Waals surface area contributed by atoms with Gasteiger partial charge in [-0.15, -0.1) is 10.2 Å². The van der Waals surface area contributed by atoms with E-state index >= 15 is 0 Å². The molecule has 1 aliphatic rings. The van der Waals surface area contributed by atoms with Gasteiger partial charge in [0.15, 0.2) is 11.2 Å².